The third-order valence-corrected chi connectivity index (χ3v) is 4.08. The number of carbonyl (C=O) groups is 1. The number of likely N-dealkylation sites (tertiary alicyclic amines) is 1. The summed E-state index contributed by atoms with van der Waals surface area (Å²) in [5, 5.41) is 0.723. The predicted octanol–water partition coefficient (Wildman–Crippen LogP) is 2.14. The summed E-state index contributed by atoms with van der Waals surface area (Å²) >= 11 is 4.71. The van der Waals surface area contributed by atoms with Crippen LogP contribution in [-0.2, 0) is 4.79 Å². The maximum Gasteiger partial charge on any atom is 0.232 e. The first-order valence-electron chi connectivity index (χ1n) is 5.48. The molecular weight excluding hydrogens is 302 g/mol. The van der Waals surface area contributed by atoms with Gasteiger partial charge in [-0.2, -0.15) is 0 Å². The van der Waals surface area contributed by atoms with Gasteiger partial charge in [-0.05, 0) is 34.8 Å². The van der Waals surface area contributed by atoms with Crippen LogP contribution in [0.3, 0.4) is 0 Å². The highest BCUT2D eigenvalue weighted by molar-refractivity contribution is 9.10. The lowest BCUT2D eigenvalue weighted by atomic mass is 10.4. The summed E-state index contributed by atoms with van der Waals surface area (Å²) in [4.78, 5) is 17.9. The number of hydrogen-bond acceptors (Lipinski definition) is 4. The normalized spacial score (nSPS) is 15.2. The van der Waals surface area contributed by atoms with Crippen LogP contribution in [0.5, 0.6) is 0 Å². The first-order chi connectivity index (χ1) is 8.16. The number of amides is 1. The summed E-state index contributed by atoms with van der Waals surface area (Å²) < 4.78 is 0.852. The molecule has 1 aliphatic heterocycles. The van der Waals surface area contributed by atoms with Crippen LogP contribution in [0, 0.1) is 0 Å². The molecule has 1 aromatic rings. The van der Waals surface area contributed by atoms with Crippen molar-refractivity contribution in [2.24, 2.45) is 0 Å². The zero-order chi connectivity index (χ0) is 12.3. The molecule has 0 unspecified atom stereocenters. The Hall–Kier alpha value is -0.750. The van der Waals surface area contributed by atoms with Crippen LogP contribution in [0.15, 0.2) is 21.8 Å². The Bertz CT molecular complexity index is 421. The molecule has 1 aliphatic rings. The van der Waals surface area contributed by atoms with E-state index in [0.29, 0.717) is 11.4 Å². The Labute approximate surface area is 113 Å². The average molecular weight is 316 g/mol. The Balaban J connectivity index is 1.90. The largest absolute Gasteiger partial charge is 0.397 e. The van der Waals surface area contributed by atoms with Gasteiger partial charge in [0.15, 0.2) is 0 Å². The smallest absolute Gasteiger partial charge is 0.232 e. The number of carbonyl (C=O) groups excluding carboxylic acids is 1. The van der Waals surface area contributed by atoms with Crippen molar-refractivity contribution in [3.63, 3.8) is 0 Å². The molecule has 0 atom stereocenters. The summed E-state index contributed by atoms with van der Waals surface area (Å²) in [7, 11) is 0. The molecule has 2 heterocycles. The van der Waals surface area contributed by atoms with Crippen molar-refractivity contribution in [1.29, 1.82) is 0 Å². The van der Waals surface area contributed by atoms with Crippen molar-refractivity contribution in [3.8, 4) is 0 Å². The standard InChI is InChI=1S/C11H14BrN3OS/c12-8-5-9(13)11(14-6-8)17-7-10(16)15-3-1-2-4-15/h5-6H,1-4,7,13H2. The fourth-order valence-corrected chi connectivity index (χ4v) is 2.90. The van der Waals surface area contributed by atoms with Gasteiger partial charge in [-0.25, -0.2) is 4.98 Å². The molecule has 4 nitrogen and oxygen atoms in total. The zero-order valence-electron chi connectivity index (χ0n) is 9.36. The van der Waals surface area contributed by atoms with E-state index in [0.717, 1.165) is 35.4 Å². The second-order valence-electron chi connectivity index (χ2n) is 3.92. The second kappa shape index (κ2) is 5.73. The summed E-state index contributed by atoms with van der Waals surface area (Å²) in [6, 6.07) is 1.80. The molecule has 1 amide bonds. The van der Waals surface area contributed by atoms with Crippen molar-refractivity contribution in [3.05, 3.63) is 16.7 Å². The fourth-order valence-electron chi connectivity index (χ4n) is 1.75. The molecule has 2 N–H and O–H groups in total. The minimum absolute atomic E-state index is 0.177. The SMILES string of the molecule is Nc1cc(Br)cnc1SCC(=O)N1CCCC1. The molecule has 0 aliphatic carbocycles. The lowest BCUT2D eigenvalue weighted by molar-refractivity contribution is -0.127. The number of anilines is 1. The van der Waals surface area contributed by atoms with Crippen LogP contribution in [0.1, 0.15) is 12.8 Å². The third-order valence-electron chi connectivity index (χ3n) is 2.64. The number of aromatic nitrogens is 1. The van der Waals surface area contributed by atoms with Crippen LogP contribution in [0.2, 0.25) is 0 Å². The Morgan fingerprint density at radius 1 is 1.53 bits per heavy atom. The number of nitrogens with two attached hydrogens (primary N) is 1. The van der Waals surface area contributed by atoms with Gasteiger partial charge < -0.3 is 10.6 Å². The number of hydrogen-bond donors (Lipinski definition) is 1. The lowest BCUT2D eigenvalue weighted by Gasteiger charge is -2.14. The van der Waals surface area contributed by atoms with Gasteiger partial charge in [-0.3, -0.25) is 4.79 Å². The molecule has 17 heavy (non-hydrogen) atoms. The second-order valence-corrected chi connectivity index (χ2v) is 5.80. The topological polar surface area (TPSA) is 59.2 Å². The highest BCUT2D eigenvalue weighted by atomic mass is 79.9. The predicted molar refractivity (Wildman–Crippen MR) is 72.9 cm³/mol. The van der Waals surface area contributed by atoms with E-state index in [1.807, 2.05) is 4.90 Å². The maximum absolute atomic E-state index is 11.8. The third kappa shape index (κ3) is 3.35. The summed E-state index contributed by atoms with van der Waals surface area (Å²) in [6.45, 7) is 1.78. The van der Waals surface area contributed by atoms with E-state index in [-0.39, 0.29) is 5.91 Å². The van der Waals surface area contributed by atoms with Crippen molar-refractivity contribution >= 4 is 39.3 Å². The Morgan fingerprint density at radius 3 is 2.88 bits per heavy atom. The number of halogens is 1. The molecule has 0 spiro atoms. The molecule has 0 saturated carbocycles. The highest BCUT2D eigenvalue weighted by Gasteiger charge is 2.18. The van der Waals surface area contributed by atoms with Gasteiger partial charge in [0.05, 0.1) is 11.4 Å². The van der Waals surface area contributed by atoms with Crippen molar-refractivity contribution in [1.82, 2.24) is 9.88 Å². The van der Waals surface area contributed by atoms with Crippen molar-refractivity contribution < 1.29 is 4.79 Å². The molecule has 1 saturated heterocycles. The Kier molecular flexibility index (Phi) is 4.28. The van der Waals surface area contributed by atoms with Crippen LogP contribution in [0.25, 0.3) is 0 Å². The van der Waals surface area contributed by atoms with E-state index < -0.39 is 0 Å². The average Bonchev–Trinajstić information content (AvgIpc) is 2.81. The van der Waals surface area contributed by atoms with E-state index >= 15 is 0 Å². The van der Waals surface area contributed by atoms with Gasteiger partial charge >= 0.3 is 0 Å². The summed E-state index contributed by atoms with van der Waals surface area (Å²) in [6.07, 6.45) is 3.93. The van der Waals surface area contributed by atoms with Crippen LogP contribution >= 0.6 is 27.7 Å². The van der Waals surface area contributed by atoms with E-state index in [1.165, 1.54) is 11.8 Å². The molecule has 92 valence electrons. The monoisotopic (exact) mass is 315 g/mol. The number of nitrogen functional groups attached to an aromatic ring is 1. The minimum Gasteiger partial charge on any atom is -0.397 e. The maximum atomic E-state index is 11.8. The first-order valence-corrected chi connectivity index (χ1v) is 7.26. The van der Waals surface area contributed by atoms with E-state index in [9.17, 15) is 4.79 Å². The minimum atomic E-state index is 0.177. The van der Waals surface area contributed by atoms with Gasteiger partial charge in [0.1, 0.15) is 5.03 Å². The van der Waals surface area contributed by atoms with Gasteiger partial charge in [-0.1, -0.05) is 11.8 Å². The summed E-state index contributed by atoms with van der Waals surface area (Å²) in [5.41, 5.74) is 6.43. The quantitative estimate of drug-likeness (QED) is 0.868. The number of nitrogens with zero attached hydrogens (tertiary/aromatic N) is 2. The van der Waals surface area contributed by atoms with Crippen LogP contribution in [-0.4, -0.2) is 34.6 Å². The molecule has 0 radical (unpaired) electrons. The van der Waals surface area contributed by atoms with Gasteiger partial charge in [-0.15, -0.1) is 0 Å². The highest BCUT2D eigenvalue weighted by Crippen LogP contribution is 2.25. The molecule has 0 aromatic carbocycles. The molecule has 6 heteroatoms. The first kappa shape index (κ1) is 12.7. The van der Waals surface area contributed by atoms with Crippen LogP contribution in [0.4, 0.5) is 5.69 Å². The summed E-state index contributed by atoms with van der Waals surface area (Å²) in [5.74, 6) is 0.593. The van der Waals surface area contributed by atoms with E-state index in [4.69, 9.17) is 5.73 Å². The zero-order valence-corrected chi connectivity index (χ0v) is 11.8. The van der Waals surface area contributed by atoms with Gasteiger partial charge in [0.25, 0.3) is 0 Å². The van der Waals surface area contributed by atoms with Crippen molar-refractivity contribution in [2.75, 3.05) is 24.6 Å². The number of thioether (sulfide) groups is 1. The fraction of sp³-hybridized carbons (Fsp3) is 0.455. The number of rotatable bonds is 3. The van der Waals surface area contributed by atoms with Crippen molar-refractivity contribution in [2.45, 2.75) is 17.9 Å². The molecule has 2 rings (SSSR count). The van der Waals surface area contributed by atoms with Crippen LogP contribution < -0.4 is 5.73 Å². The molecular formula is C11H14BrN3OS. The Morgan fingerprint density at radius 2 is 2.24 bits per heavy atom. The molecule has 0 bridgehead atoms. The van der Waals surface area contributed by atoms with E-state index in [1.54, 1.807) is 12.3 Å². The lowest BCUT2D eigenvalue weighted by Crippen LogP contribution is -2.29. The van der Waals surface area contributed by atoms with E-state index in [2.05, 4.69) is 20.9 Å². The van der Waals surface area contributed by atoms with Gasteiger partial charge in [0, 0.05) is 23.8 Å². The van der Waals surface area contributed by atoms with Gasteiger partial charge in [0.2, 0.25) is 5.91 Å². The molecule has 1 aromatic heterocycles. The number of pyridine rings is 1. The molecule has 1 fully saturated rings.